The van der Waals surface area contributed by atoms with Crippen LogP contribution in [0.15, 0.2) is 78.9 Å². The van der Waals surface area contributed by atoms with E-state index in [0.717, 1.165) is 23.2 Å². The van der Waals surface area contributed by atoms with Gasteiger partial charge in [-0.3, -0.25) is 14.5 Å². The highest BCUT2D eigenvalue weighted by molar-refractivity contribution is 5.92. The van der Waals surface area contributed by atoms with Crippen molar-refractivity contribution in [3.05, 3.63) is 101 Å². The van der Waals surface area contributed by atoms with Crippen LogP contribution in [0.4, 0.5) is 5.69 Å². The zero-order valence-corrected chi connectivity index (χ0v) is 21.5. The van der Waals surface area contributed by atoms with Gasteiger partial charge >= 0.3 is 5.97 Å². The average Bonchev–Trinajstić information content (AvgIpc) is 2.92. The number of amides is 1. The van der Waals surface area contributed by atoms with E-state index in [2.05, 4.69) is 29.4 Å². The van der Waals surface area contributed by atoms with Crippen molar-refractivity contribution in [1.82, 2.24) is 4.90 Å². The van der Waals surface area contributed by atoms with Crippen LogP contribution in [0.25, 0.3) is 0 Å². The van der Waals surface area contributed by atoms with Gasteiger partial charge in [0.25, 0.3) is 0 Å². The Morgan fingerprint density at radius 3 is 2.39 bits per heavy atom. The number of carboxylic acids is 1. The van der Waals surface area contributed by atoms with E-state index in [1.165, 1.54) is 5.56 Å². The topological polar surface area (TPSA) is 108 Å². The summed E-state index contributed by atoms with van der Waals surface area (Å²) in [6, 6.07) is 25.3. The molecule has 1 heterocycles. The Morgan fingerprint density at radius 2 is 1.68 bits per heavy atom. The number of hydrogen-bond acceptors (Lipinski definition) is 6. The summed E-state index contributed by atoms with van der Waals surface area (Å²) in [5.74, 6) is -1.38. The first kappa shape index (κ1) is 27.5. The maximum absolute atomic E-state index is 12.2. The fourth-order valence-electron chi connectivity index (χ4n) is 4.55. The highest BCUT2D eigenvalue weighted by Gasteiger charge is 2.33. The molecule has 1 aliphatic rings. The molecule has 0 saturated carbocycles. The Bertz CT molecular complexity index is 1200. The minimum Gasteiger partial charge on any atom is -0.481 e. The van der Waals surface area contributed by atoms with Crippen molar-refractivity contribution in [3.63, 3.8) is 0 Å². The van der Waals surface area contributed by atoms with Gasteiger partial charge in [0, 0.05) is 37.2 Å². The number of carboxylic acid groups (broad SMARTS) is 1. The molecule has 1 amide bonds. The maximum Gasteiger partial charge on any atom is 0.303 e. The minimum absolute atomic E-state index is 0.0184. The first-order valence-electron chi connectivity index (χ1n) is 12.7. The number of carbonyl (C=O) groups excluding carboxylic acids is 1. The molecular weight excluding hydrogens is 484 g/mol. The average molecular weight is 519 g/mol. The van der Waals surface area contributed by atoms with Gasteiger partial charge in [0.2, 0.25) is 5.91 Å². The minimum atomic E-state index is -1.01. The van der Waals surface area contributed by atoms with Gasteiger partial charge in [-0.2, -0.15) is 0 Å². The van der Waals surface area contributed by atoms with Crippen molar-refractivity contribution < 1.29 is 29.3 Å². The van der Waals surface area contributed by atoms with Crippen molar-refractivity contribution in [2.45, 2.75) is 50.9 Å². The number of nitrogens with one attached hydrogen (secondary N) is 1. The molecule has 3 aromatic rings. The molecule has 3 atom stereocenters. The van der Waals surface area contributed by atoms with Crippen LogP contribution in [0.1, 0.15) is 53.9 Å². The predicted octanol–water partition coefficient (Wildman–Crippen LogP) is 4.66. The summed E-state index contributed by atoms with van der Waals surface area (Å²) in [6.45, 7) is 1.47. The Kier molecular flexibility index (Phi) is 9.62. The Labute approximate surface area is 222 Å². The molecule has 0 aliphatic carbocycles. The Balaban J connectivity index is 1.50. The lowest BCUT2D eigenvalue weighted by Crippen LogP contribution is -2.37. The maximum atomic E-state index is 12.2. The molecule has 0 aromatic heterocycles. The third-order valence-electron chi connectivity index (χ3n) is 6.43. The third kappa shape index (κ3) is 7.97. The highest BCUT2D eigenvalue weighted by atomic mass is 16.7. The van der Waals surface area contributed by atoms with E-state index in [-0.39, 0.29) is 37.6 Å². The summed E-state index contributed by atoms with van der Waals surface area (Å²) >= 11 is 0. The van der Waals surface area contributed by atoms with Crippen molar-refractivity contribution >= 4 is 17.6 Å². The first-order valence-corrected chi connectivity index (χ1v) is 12.7. The lowest BCUT2D eigenvalue weighted by molar-refractivity contribution is -0.252. The third-order valence-corrected chi connectivity index (χ3v) is 6.43. The number of ether oxygens (including phenoxy) is 2. The summed E-state index contributed by atoms with van der Waals surface area (Å²) in [6.07, 6.45) is -0.645. The molecule has 200 valence electrons. The largest absolute Gasteiger partial charge is 0.481 e. The van der Waals surface area contributed by atoms with Crippen LogP contribution >= 0.6 is 0 Å². The van der Waals surface area contributed by atoms with Gasteiger partial charge in [0.15, 0.2) is 6.29 Å². The number of anilines is 1. The molecule has 38 heavy (non-hydrogen) atoms. The van der Waals surface area contributed by atoms with Gasteiger partial charge in [0.05, 0.1) is 25.2 Å². The summed E-state index contributed by atoms with van der Waals surface area (Å²) in [4.78, 5) is 25.2. The number of likely N-dealkylation sites (N-methyl/N-ethyl adjacent to an activating group) is 1. The van der Waals surface area contributed by atoms with Crippen molar-refractivity contribution in [1.29, 1.82) is 0 Å². The van der Waals surface area contributed by atoms with E-state index in [1.807, 2.05) is 54.6 Å². The molecule has 0 radical (unpaired) electrons. The van der Waals surface area contributed by atoms with Gasteiger partial charge in [0.1, 0.15) is 0 Å². The summed E-state index contributed by atoms with van der Waals surface area (Å²) in [7, 11) is 2.07. The van der Waals surface area contributed by atoms with E-state index >= 15 is 0 Å². The highest BCUT2D eigenvalue weighted by Crippen LogP contribution is 2.38. The first-order chi connectivity index (χ1) is 18.4. The Hall–Kier alpha value is -3.56. The van der Waals surface area contributed by atoms with E-state index in [4.69, 9.17) is 14.6 Å². The van der Waals surface area contributed by atoms with Crippen LogP contribution in [0.2, 0.25) is 0 Å². The molecule has 8 nitrogen and oxygen atoms in total. The predicted molar refractivity (Wildman–Crippen MR) is 143 cm³/mol. The second-order valence-corrected chi connectivity index (χ2v) is 9.60. The second kappa shape index (κ2) is 13.3. The standard InChI is InChI=1S/C30H34N2O6/c1-32(18-21-6-3-2-4-7-21)19-26-17-27(23-12-10-22(20-33)11-13-23)38-30(37-26)24-8-5-9-25(16-24)31-28(34)14-15-29(35)36/h2-13,16,26-27,30,33H,14-15,17-20H2,1H3,(H,31,34)(H,35,36). The number of carbonyl (C=O) groups is 2. The monoisotopic (exact) mass is 518 g/mol. The number of nitrogens with zero attached hydrogens (tertiary/aromatic N) is 1. The normalized spacial score (nSPS) is 19.3. The zero-order valence-electron chi connectivity index (χ0n) is 21.5. The van der Waals surface area contributed by atoms with Crippen molar-refractivity contribution in [2.75, 3.05) is 18.9 Å². The van der Waals surface area contributed by atoms with Gasteiger partial charge in [-0.25, -0.2) is 0 Å². The molecule has 0 spiro atoms. The summed E-state index contributed by atoms with van der Waals surface area (Å²) in [5.41, 5.74) is 4.37. The fourth-order valence-corrected chi connectivity index (χ4v) is 4.55. The van der Waals surface area contributed by atoms with Gasteiger partial charge in [-0.05, 0) is 35.9 Å². The lowest BCUT2D eigenvalue weighted by Gasteiger charge is -2.38. The molecule has 3 aromatic carbocycles. The SMILES string of the molecule is CN(Cc1ccccc1)CC1CC(c2ccc(CO)cc2)OC(c2cccc(NC(=O)CCC(=O)O)c2)O1. The van der Waals surface area contributed by atoms with Crippen LogP contribution in [0, 0.1) is 0 Å². The fraction of sp³-hybridized carbons (Fsp3) is 0.333. The smallest absolute Gasteiger partial charge is 0.303 e. The van der Waals surface area contributed by atoms with E-state index < -0.39 is 12.3 Å². The van der Waals surface area contributed by atoms with Gasteiger partial charge in [-0.15, -0.1) is 0 Å². The second-order valence-electron chi connectivity index (χ2n) is 9.60. The molecule has 4 rings (SSSR count). The molecule has 3 N–H and O–H groups in total. The van der Waals surface area contributed by atoms with E-state index in [0.29, 0.717) is 18.7 Å². The molecule has 1 fully saturated rings. The Morgan fingerprint density at radius 1 is 0.921 bits per heavy atom. The molecule has 8 heteroatoms. The van der Waals surface area contributed by atoms with E-state index in [9.17, 15) is 14.7 Å². The summed E-state index contributed by atoms with van der Waals surface area (Å²) in [5, 5.41) is 21.0. The number of aliphatic hydroxyl groups is 1. The number of rotatable bonds is 11. The molecule has 1 aliphatic heterocycles. The van der Waals surface area contributed by atoms with Crippen molar-refractivity contribution in [2.24, 2.45) is 0 Å². The van der Waals surface area contributed by atoms with Gasteiger partial charge < -0.3 is 25.0 Å². The van der Waals surface area contributed by atoms with Crippen LogP contribution in [-0.4, -0.2) is 46.7 Å². The molecule has 0 bridgehead atoms. The number of benzene rings is 3. The molecule has 1 saturated heterocycles. The quantitative estimate of drug-likeness (QED) is 0.339. The number of aliphatic carboxylic acids is 1. The van der Waals surface area contributed by atoms with Gasteiger partial charge in [-0.1, -0.05) is 66.7 Å². The lowest BCUT2D eigenvalue weighted by atomic mass is 9.99. The molecular formula is C30H34N2O6. The summed E-state index contributed by atoms with van der Waals surface area (Å²) < 4.78 is 12.8. The van der Waals surface area contributed by atoms with Crippen LogP contribution < -0.4 is 5.32 Å². The van der Waals surface area contributed by atoms with Crippen molar-refractivity contribution in [3.8, 4) is 0 Å². The zero-order chi connectivity index (χ0) is 26.9. The van der Waals surface area contributed by atoms with Crippen LogP contribution in [-0.2, 0) is 32.2 Å². The van der Waals surface area contributed by atoms with Crippen LogP contribution in [0.3, 0.4) is 0 Å². The number of hydrogen-bond donors (Lipinski definition) is 3. The van der Waals surface area contributed by atoms with Crippen LogP contribution in [0.5, 0.6) is 0 Å². The van der Waals surface area contributed by atoms with E-state index in [1.54, 1.807) is 12.1 Å². The number of aliphatic hydroxyl groups excluding tert-OH is 1. The molecule has 3 unspecified atom stereocenters.